The van der Waals surface area contributed by atoms with E-state index in [-0.39, 0.29) is 0 Å². The highest BCUT2D eigenvalue weighted by molar-refractivity contribution is 5.21. The molecule has 0 heterocycles. The molecular formula is C21H36O2. The summed E-state index contributed by atoms with van der Waals surface area (Å²) in [4.78, 5) is 0. The van der Waals surface area contributed by atoms with Crippen molar-refractivity contribution >= 4 is 0 Å². The van der Waals surface area contributed by atoms with Gasteiger partial charge in [0.15, 0.2) is 5.79 Å². The van der Waals surface area contributed by atoms with Crippen LogP contribution in [0.15, 0.2) is 30.3 Å². The van der Waals surface area contributed by atoms with E-state index in [9.17, 15) is 0 Å². The number of hydrogen-bond donors (Lipinski definition) is 0. The Morgan fingerprint density at radius 3 is 2.17 bits per heavy atom. The minimum Gasteiger partial charge on any atom is -0.349 e. The summed E-state index contributed by atoms with van der Waals surface area (Å²) in [7, 11) is 1.78. The minimum atomic E-state index is -0.610. The van der Waals surface area contributed by atoms with E-state index in [4.69, 9.17) is 9.47 Å². The van der Waals surface area contributed by atoms with Gasteiger partial charge in [0, 0.05) is 18.6 Å². The molecule has 0 N–H and O–H groups in total. The summed E-state index contributed by atoms with van der Waals surface area (Å²) < 4.78 is 12.2. The second kappa shape index (κ2) is 11.6. The highest BCUT2D eigenvalue weighted by Crippen LogP contribution is 2.37. The Balaban J connectivity index is 2.67. The molecule has 0 amide bonds. The molecule has 0 aliphatic rings. The van der Waals surface area contributed by atoms with E-state index in [1.807, 2.05) is 6.07 Å². The molecular weight excluding hydrogens is 284 g/mol. The van der Waals surface area contributed by atoms with Crippen molar-refractivity contribution in [3.63, 3.8) is 0 Å². The number of ether oxygens (including phenoxy) is 2. The van der Waals surface area contributed by atoms with Crippen LogP contribution in [0.3, 0.4) is 0 Å². The van der Waals surface area contributed by atoms with Gasteiger partial charge in [0.1, 0.15) is 0 Å². The van der Waals surface area contributed by atoms with Crippen LogP contribution in [-0.4, -0.2) is 13.7 Å². The molecule has 23 heavy (non-hydrogen) atoms. The van der Waals surface area contributed by atoms with Crippen molar-refractivity contribution in [1.82, 2.24) is 0 Å². The molecule has 1 aromatic carbocycles. The first-order valence-electron chi connectivity index (χ1n) is 9.45. The van der Waals surface area contributed by atoms with Gasteiger partial charge in [-0.2, -0.15) is 0 Å². The van der Waals surface area contributed by atoms with Crippen LogP contribution in [0.1, 0.15) is 77.7 Å². The van der Waals surface area contributed by atoms with Crippen molar-refractivity contribution in [1.29, 1.82) is 0 Å². The van der Waals surface area contributed by atoms with Crippen molar-refractivity contribution in [3.8, 4) is 0 Å². The summed E-state index contributed by atoms with van der Waals surface area (Å²) in [6.07, 6.45) is 10.1. The van der Waals surface area contributed by atoms with Crippen LogP contribution in [0.25, 0.3) is 0 Å². The van der Waals surface area contributed by atoms with Crippen LogP contribution in [0.2, 0.25) is 0 Å². The van der Waals surface area contributed by atoms with E-state index in [2.05, 4.69) is 45.0 Å². The van der Waals surface area contributed by atoms with E-state index >= 15 is 0 Å². The van der Waals surface area contributed by atoms with Gasteiger partial charge in [0.2, 0.25) is 0 Å². The standard InChI is InChI=1S/C21H36O2/c1-5-7-8-9-10-12-15-19(3)21(22-4,23-18-6-2)20-16-13-11-14-17-20/h11,13-14,16-17,19H,5-10,12,15,18H2,1-4H3. The molecule has 132 valence electrons. The second-order valence-corrected chi connectivity index (χ2v) is 6.54. The molecule has 0 fully saturated rings. The lowest BCUT2D eigenvalue weighted by atomic mass is 9.88. The fourth-order valence-corrected chi connectivity index (χ4v) is 3.23. The highest BCUT2D eigenvalue weighted by Gasteiger charge is 2.38. The van der Waals surface area contributed by atoms with Crippen LogP contribution in [-0.2, 0) is 15.3 Å². The van der Waals surface area contributed by atoms with Gasteiger partial charge in [0.25, 0.3) is 0 Å². The van der Waals surface area contributed by atoms with Crippen LogP contribution in [0, 0.1) is 5.92 Å². The van der Waals surface area contributed by atoms with Gasteiger partial charge in [-0.3, -0.25) is 0 Å². The molecule has 2 nitrogen and oxygen atoms in total. The lowest BCUT2D eigenvalue weighted by Crippen LogP contribution is -2.39. The zero-order valence-corrected chi connectivity index (χ0v) is 15.6. The van der Waals surface area contributed by atoms with Crippen LogP contribution >= 0.6 is 0 Å². The smallest absolute Gasteiger partial charge is 0.197 e. The molecule has 0 saturated carbocycles. The lowest BCUT2D eigenvalue weighted by Gasteiger charge is -2.38. The maximum Gasteiger partial charge on any atom is 0.197 e. The quantitative estimate of drug-likeness (QED) is 0.314. The average molecular weight is 321 g/mol. The van der Waals surface area contributed by atoms with Crippen molar-refractivity contribution < 1.29 is 9.47 Å². The zero-order valence-electron chi connectivity index (χ0n) is 15.6. The Morgan fingerprint density at radius 2 is 1.57 bits per heavy atom. The Labute approximate surface area is 143 Å². The SMILES string of the molecule is CCCCCCCCC(C)C(OC)(OCCC)c1ccccc1. The van der Waals surface area contributed by atoms with Crippen LogP contribution in [0.5, 0.6) is 0 Å². The van der Waals surface area contributed by atoms with Crippen molar-refractivity contribution in [3.05, 3.63) is 35.9 Å². The van der Waals surface area contributed by atoms with E-state index in [0.29, 0.717) is 5.92 Å². The Kier molecular flexibility index (Phi) is 10.2. The third-order valence-corrected chi connectivity index (χ3v) is 4.64. The Morgan fingerprint density at radius 1 is 0.913 bits per heavy atom. The van der Waals surface area contributed by atoms with Gasteiger partial charge in [-0.25, -0.2) is 0 Å². The molecule has 2 unspecified atom stereocenters. The lowest BCUT2D eigenvalue weighted by molar-refractivity contribution is -0.263. The molecule has 1 aromatic rings. The molecule has 1 rings (SSSR count). The number of benzene rings is 1. The topological polar surface area (TPSA) is 18.5 Å². The number of hydrogen-bond acceptors (Lipinski definition) is 2. The molecule has 0 radical (unpaired) electrons. The average Bonchev–Trinajstić information content (AvgIpc) is 2.60. The van der Waals surface area contributed by atoms with Crippen LogP contribution < -0.4 is 0 Å². The van der Waals surface area contributed by atoms with Crippen molar-refractivity contribution in [2.45, 2.75) is 77.9 Å². The number of rotatable bonds is 13. The van der Waals surface area contributed by atoms with E-state index in [1.165, 1.54) is 38.5 Å². The highest BCUT2D eigenvalue weighted by atomic mass is 16.7. The number of methoxy groups -OCH3 is 1. The maximum atomic E-state index is 6.25. The Hall–Kier alpha value is -0.860. The summed E-state index contributed by atoms with van der Waals surface area (Å²) in [6, 6.07) is 10.4. The van der Waals surface area contributed by atoms with Gasteiger partial charge < -0.3 is 9.47 Å². The van der Waals surface area contributed by atoms with Gasteiger partial charge in [-0.15, -0.1) is 0 Å². The molecule has 0 aliphatic carbocycles. The van der Waals surface area contributed by atoms with Crippen LogP contribution in [0.4, 0.5) is 0 Å². The Bertz CT molecular complexity index is 390. The molecule has 0 saturated heterocycles. The van der Waals surface area contributed by atoms with Crippen molar-refractivity contribution in [2.75, 3.05) is 13.7 Å². The second-order valence-electron chi connectivity index (χ2n) is 6.54. The summed E-state index contributed by atoms with van der Waals surface area (Å²) in [5, 5.41) is 0. The van der Waals surface area contributed by atoms with Gasteiger partial charge in [-0.1, -0.05) is 89.6 Å². The maximum absolute atomic E-state index is 6.25. The number of unbranched alkanes of at least 4 members (excludes halogenated alkanes) is 5. The molecule has 0 aliphatic heterocycles. The van der Waals surface area contributed by atoms with E-state index in [1.54, 1.807) is 7.11 Å². The van der Waals surface area contributed by atoms with E-state index in [0.717, 1.165) is 25.0 Å². The first-order valence-corrected chi connectivity index (χ1v) is 9.45. The predicted molar refractivity (Wildman–Crippen MR) is 98.5 cm³/mol. The summed E-state index contributed by atoms with van der Waals surface area (Å²) in [6.45, 7) is 7.39. The minimum absolute atomic E-state index is 0.340. The van der Waals surface area contributed by atoms with Gasteiger partial charge >= 0.3 is 0 Å². The fraction of sp³-hybridized carbons (Fsp3) is 0.714. The molecule has 0 bridgehead atoms. The summed E-state index contributed by atoms with van der Waals surface area (Å²) >= 11 is 0. The molecule has 0 aromatic heterocycles. The fourth-order valence-electron chi connectivity index (χ4n) is 3.23. The summed E-state index contributed by atoms with van der Waals surface area (Å²) in [5.74, 6) is -0.270. The normalized spacial score (nSPS) is 15.3. The third kappa shape index (κ3) is 6.27. The molecule has 0 spiro atoms. The largest absolute Gasteiger partial charge is 0.349 e. The monoisotopic (exact) mass is 320 g/mol. The first-order chi connectivity index (χ1) is 11.2. The molecule has 2 heteroatoms. The van der Waals surface area contributed by atoms with Gasteiger partial charge in [0.05, 0.1) is 6.61 Å². The van der Waals surface area contributed by atoms with Gasteiger partial charge in [-0.05, 0) is 12.8 Å². The van der Waals surface area contributed by atoms with E-state index < -0.39 is 5.79 Å². The zero-order chi connectivity index (χ0) is 17.0. The first kappa shape index (κ1) is 20.2. The summed E-state index contributed by atoms with van der Waals surface area (Å²) in [5.41, 5.74) is 1.13. The third-order valence-electron chi connectivity index (χ3n) is 4.64. The molecule has 2 atom stereocenters. The predicted octanol–water partition coefficient (Wildman–Crippen LogP) is 6.30. The van der Waals surface area contributed by atoms with Crippen molar-refractivity contribution in [2.24, 2.45) is 5.92 Å².